The van der Waals surface area contributed by atoms with E-state index in [9.17, 15) is 9.59 Å². The molecule has 25 heavy (non-hydrogen) atoms. The van der Waals surface area contributed by atoms with Gasteiger partial charge in [0.2, 0.25) is 5.91 Å². The molecule has 1 aromatic carbocycles. The van der Waals surface area contributed by atoms with E-state index in [1.807, 2.05) is 12.1 Å². The van der Waals surface area contributed by atoms with Crippen molar-refractivity contribution in [1.82, 2.24) is 10.2 Å². The Morgan fingerprint density at radius 1 is 1.32 bits per heavy atom. The van der Waals surface area contributed by atoms with Crippen LogP contribution in [0, 0.1) is 0 Å². The van der Waals surface area contributed by atoms with Gasteiger partial charge in [-0.05, 0) is 12.5 Å². The van der Waals surface area contributed by atoms with Crippen molar-refractivity contribution < 1.29 is 19.1 Å². The Balaban J connectivity index is 1.81. The van der Waals surface area contributed by atoms with Crippen LogP contribution in [0.2, 0.25) is 0 Å². The van der Waals surface area contributed by atoms with Crippen molar-refractivity contribution in [3.63, 3.8) is 0 Å². The predicted molar refractivity (Wildman–Crippen MR) is 97.2 cm³/mol. The summed E-state index contributed by atoms with van der Waals surface area (Å²) in [7, 11) is 3.08. The molecule has 2 heterocycles. The number of unbranched alkanes of at least 4 members (excludes halogenated alkanes) is 2. The first kappa shape index (κ1) is 17.9. The molecule has 0 aliphatic carbocycles. The quantitative estimate of drug-likeness (QED) is 0.753. The maximum atomic E-state index is 13.0. The maximum Gasteiger partial charge on any atom is 0.260 e. The molecule has 0 saturated carbocycles. The molecule has 7 heteroatoms. The van der Waals surface area contributed by atoms with Crippen LogP contribution in [0.5, 0.6) is 11.5 Å². The lowest BCUT2D eigenvalue weighted by Crippen LogP contribution is -2.46. The van der Waals surface area contributed by atoms with Gasteiger partial charge in [-0.2, -0.15) is 0 Å². The number of carbonyl (C=O) groups excluding carboxylic acids is 2. The molecule has 136 valence electrons. The fraction of sp³-hybridized carbons (Fsp3) is 0.556. The van der Waals surface area contributed by atoms with Crippen LogP contribution in [0.4, 0.5) is 0 Å². The third-order valence-corrected chi connectivity index (χ3v) is 5.98. The van der Waals surface area contributed by atoms with E-state index in [0.29, 0.717) is 29.4 Å². The third-order valence-electron chi connectivity index (χ3n) is 4.67. The molecule has 1 aromatic rings. The van der Waals surface area contributed by atoms with Crippen molar-refractivity contribution in [1.29, 1.82) is 0 Å². The van der Waals surface area contributed by atoms with E-state index >= 15 is 0 Å². The second-order valence-corrected chi connectivity index (χ2v) is 7.29. The topological polar surface area (TPSA) is 67.9 Å². The van der Waals surface area contributed by atoms with Crippen LogP contribution in [0.1, 0.15) is 47.5 Å². The summed E-state index contributed by atoms with van der Waals surface area (Å²) in [5.74, 6) is 1.36. The molecule has 0 unspecified atom stereocenters. The summed E-state index contributed by atoms with van der Waals surface area (Å²) in [6, 6.07) is 3.27. The second-order valence-electron chi connectivity index (χ2n) is 6.18. The van der Waals surface area contributed by atoms with Crippen LogP contribution < -0.4 is 14.8 Å². The van der Waals surface area contributed by atoms with Crippen molar-refractivity contribution >= 4 is 23.6 Å². The zero-order valence-electron chi connectivity index (χ0n) is 14.8. The SMILES string of the molecule is CCCCCNC(=O)[C@H]1CS[C@H]2c3ccc(OC)c(OC)c3C(=O)N12. The monoisotopic (exact) mass is 364 g/mol. The molecule has 2 aliphatic heterocycles. The first-order valence-electron chi connectivity index (χ1n) is 8.60. The van der Waals surface area contributed by atoms with Crippen LogP contribution in [-0.4, -0.2) is 49.3 Å². The van der Waals surface area contributed by atoms with E-state index in [1.165, 1.54) is 7.11 Å². The molecule has 0 radical (unpaired) electrons. The van der Waals surface area contributed by atoms with Gasteiger partial charge in [0.25, 0.3) is 5.91 Å². The number of fused-ring (bicyclic) bond motifs is 3. The number of nitrogens with one attached hydrogen (secondary N) is 1. The van der Waals surface area contributed by atoms with E-state index in [4.69, 9.17) is 9.47 Å². The van der Waals surface area contributed by atoms with E-state index in [-0.39, 0.29) is 17.2 Å². The summed E-state index contributed by atoms with van der Waals surface area (Å²) in [5.41, 5.74) is 1.41. The molecule has 2 amide bonds. The number of hydrogen-bond donors (Lipinski definition) is 1. The van der Waals surface area contributed by atoms with Crippen LogP contribution >= 0.6 is 11.8 Å². The molecule has 0 aromatic heterocycles. The zero-order valence-corrected chi connectivity index (χ0v) is 15.6. The number of hydrogen-bond acceptors (Lipinski definition) is 5. The fourth-order valence-corrected chi connectivity index (χ4v) is 4.85. The molecule has 1 N–H and O–H groups in total. The van der Waals surface area contributed by atoms with Gasteiger partial charge in [0.15, 0.2) is 11.5 Å². The van der Waals surface area contributed by atoms with Crippen molar-refractivity contribution in [2.75, 3.05) is 26.5 Å². The number of carbonyl (C=O) groups is 2. The molecule has 2 aliphatic rings. The van der Waals surface area contributed by atoms with Crippen molar-refractivity contribution in [2.24, 2.45) is 0 Å². The van der Waals surface area contributed by atoms with E-state index < -0.39 is 6.04 Å². The highest BCUT2D eigenvalue weighted by Gasteiger charge is 2.50. The van der Waals surface area contributed by atoms with Crippen molar-refractivity contribution in [2.45, 2.75) is 37.6 Å². The Hall–Kier alpha value is -1.89. The normalized spacial score (nSPS) is 21.1. The molecule has 0 spiro atoms. The first-order chi connectivity index (χ1) is 12.1. The summed E-state index contributed by atoms with van der Waals surface area (Å²) < 4.78 is 10.7. The van der Waals surface area contributed by atoms with Crippen LogP contribution in [-0.2, 0) is 4.79 Å². The summed E-state index contributed by atoms with van der Waals surface area (Å²) in [5, 5.41) is 2.84. The Kier molecular flexibility index (Phi) is 5.42. The van der Waals surface area contributed by atoms with Crippen LogP contribution in [0.15, 0.2) is 12.1 Å². The average Bonchev–Trinajstić information content (AvgIpc) is 3.18. The van der Waals surface area contributed by atoms with Gasteiger partial charge in [-0.15, -0.1) is 11.8 Å². The highest BCUT2D eigenvalue weighted by Crippen LogP contribution is 2.52. The standard InChI is InChI=1S/C18H24N2O4S/c1-4-5-6-9-19-16(21)12-10-25-18-11-7-8-13(23-2)15(24-3)14(11)17(22)20(12)18/h7-8,12,18H,4-6,9-10H2,1-3H3,(H,19,21)/t12-,18+/m1/s1. The smallest absolute Gasteiger partial charge is 0.260 e. The van der Waals surface area contributed by atoms with E-state index in [1.54, 1.807) is 23.8 Å². The summed E-state index contributed by atoms with van der Waals surface area (Å²) >= 11 is 1.62. The highest BCUT2D eigenvalue weighted by atomic mass is 32.2. The average molecular weight is 364 g/mol. The molecule has 0 bridgehead atoms. The molecular weight excluding hydrogens is 340 g/mol. The van der Waals surface area contributed by atoms with Gasteiger partial charge < -0.3 is 19.7 Å². The van der Waals surface area contributed by atoms with E-state index in [0.717, 1.165) is 24.8 Å². The van der Waals surface area contributed by atoms with Gasteiger partial charge >= 0.3 is 0 Å². The lowest BCUT2D eigenvalue weighted by atomic mass is 10.1. The van der Waals surface area contributed by atoms with Crippen molar-refractivity contribution in [3.05, 3.63) is 23.3 Å². The number of benzene rings is 1. The molecule has 1 fully saturated rings. The van der Waals surface area contributed by atoms with Crippen LogP contribution in [0.3, 0.4) is 0 Å². The van der Waals surface area contributed by atoms with Gasteiger partial charge in [-0.25, -0.2) is 0 Å². The van der Waals surface area contributed by atoms with Crippen molar-refractivity contribution in [3.8, 4) is 11.5 Å². The number of ether oxygens (including phenoxy) is 2. The van der Waals surface area contributed by atoms with Gasteiger partial charge in [0, 0.05) is 17.9 Å². The minimum Gasteiger partial charge on any atom is -0.493 e. The largest absolute Gasteiger partial charge is 0.493 e. The summed E-state index contributed by atoms with van der Waals surface area (Å²) in [6.45, 7) is 2.78. The van der Waals surface area contributed by atoms with Crippen LogP contribution in [0.25, 0.3) is 0 Å². The number of rotatable bonds is 7. The minimum atomic E-state index is -0.438. The minimum absolute atomic E-state index is 0.0711. The highest BCUT2D eigenvalue weighted by molar-refractivity contribution is 7.99. The first-order valence-corrected chi connectivity index (χ1v) is 9.65. The Morgan fingerprint density at radius 2 is 2.12 bits per heavy atom. The lowest BCUT2D eigenvalue weighted by Gasteiger charge is -2.22. The Labute approximate surface area is 152 Å². The Bertz CT molecular complexity index is 679. The second kappa shape index (κ2) is 7.56. The van der Waals surface area contributed by atoms with Gasteiger partial charge in [0.05, 0.1) is 19.8 Å². The maximum absolute atomic E-state index is 13.0. The number of nitrogens with zero attached hydrogens (tertiary/aromatic N) is 1. The number of amides is 2. The Morgan fingerprint density at radius 3 is 2.80 bits per heavy atom. The van der Waals surface area contributed by atoms with Gasteiger partial charge in [0.1, 0.15) is 11.4 Å². The predicted octanol–water partition coefficient (Wildman–Crippen LogP) is 2.58. The fourth-order valence-electron chi connectivity index (χ4n) is 3.40. The van der Waals surface area contributed by atoms with E-state index in [2.05, 4.69) is 12.2 Å². The third kappa shape index (κ3) is 3.05. The summed E-state index contributed by atoms with van der Waals surface area (Å²) in [6.07, 6.45) is 3.16. The number of methoxy groups -OCH3 is 2. The molecule has 6 nitrogen and oxygen atoms in total. The summed E-state index contributed by atoms with van der Waals surface area (Å²) in [4.78, 5) is 27.3. The van der Waals surface area contributed by atoms with Gasteiger partial charge in [-0.3, -0.25) is 9.59 Å². The van der Waals surface area contributed by atoms with Gasteiger partial charge in [-0.1, -0.05) is 25.8 Å². The lowest BCUT2D eigenvalue weighted by molar-refractivity contribution is -0.124. The molecule has 1 saturated heterocycles. The number of thioether (sulfide) groups is 1. The molecular formula is C18H24N2O4S. The molecule has 2 atom stereocenters. The zero-order chi connectivity index (χ0) is 18.0. The molecule has 3 rings (SSSR count).